The second kappa shape index (κ2) is 11.6. The third-order valence-corrected chi connectivity index (χ3v) is 7.91. The molecule has 2 unspecified atom stereocenters. The van der Waals surface area contributed by atoms with E-state index in [1.54, 1.807) is 26.9 Å². The molecule has 37 heavy (non-hydrogen) atoms. The van der Waals surface area contributed by atoms with Gasteiger partial charge in [0.1, 0.15) is 11.6 Å². The van der Waals surface area contributed by atoms with Gasteiger partial charge in [-0.25, -0.2) is 0 Å². The second-order valence-electron chi connectivity index (χ2n) is 10.2. The summed E-state index contributed by atoms with van der Waals surface area (Å²) >= 11 is 0. The van der Waals surface area contributed by atoms with Gasteiger partial charge in [-0.1, -0.05) is 49.4 Å². The van der Waals surface area contributed by atoms with Gasteiger partial charge in [0.25, 0.3) is 0 Å². The SMILES string of the molecule is C=CCN(Cc1ccccc1)C(=O)C1N(CCCO)C(=O)[C@@H]2[C@@H](C(=O)N(CC=C)CCC)[C@H]3CCC12O3. The highest BCUT2D eigenvalue weighted by Crippen LogP contribution is 2.59. The molecule has 4 rings (SSSR count). The van der Waals surface area contributed by atoms with Crippen LogP contribution in [0.5, 0.6) is 0 Å². The van der Waals surface area contributed by atoms with Crippen LogP contribution in [0.1, 0.15) is 38.2 Å². The highest BCUT2D eigenvalue weighted by Gasteiger charge is 2.74. The lowest BCUT2D eigenvalue weighted by Crippen LogP contribution is -2.56. The molecular formula is C29H39N3O5. The molecule has 3 aliphatic rings. The van der Waals surface area contributed by atoms with Crippen LogP contribution < -0.4 is 0 Å². The fourth-order valence-electron chi connectivity index (χ4n) is 6.49. The van der Waals surface area contributed by atoms with Crippen LogP contribution in [0.15, 0.2) is 55.6 Å². The van der Waals surface area contributed by atoms with E-state index in [2.05, 4.69) is 13.2 Å². The number of aliphatic hydroxyl groups excluding tert-OH is 1. The van der Waals surface area contributed by atoms with Crippen LogP contribution in [0.2, 0.25) is 0 Å². The van der Waals surface area contributed by atoms with E-state index in [-0.39, 0.29) is 37.0 Å². The van der Waals surface area contributed by atoms with Crippen molar-refractivity contribution in [3.8, 4) is 0 Å². The molecule has 3 heterocycles. The van der Waals surface area contributed by atoms with Crippen LogP contribution in [0.3, 0.4) is 0 Å². The molecule has 8 nitrogen and oxygen atoms in total. The number of carbonyl (C=O) groups excluding carboxylic acids is 3. The molecule has 3 aliphatic heterocycles. The van der Waals surface area contributed by atoms with Crippen LogP contribution in [0.4, 0.5) is 0 Å². The molecule has 200 valence electrons. The molecule has 1 aromatic carbocycles. The van der Waals surface area contributed by atoms with Crippen molar-refractivity contribution < 1.29 is 24.2 Å². The maximum Gasteiger partial charge on any atom is 0.248 e. The maximum atomic E-state index is 14.2. The molecule has 2 bridgehead atoms. The van der Waals surface area contributed by atoms with Crippen LogP contribution in [0, 0.1) is 11.8 Å². The van der Waals surface area contributed by atoms with Crippen molar-refractivity contribution in [2.75, 3.05) is 32.8 Å². The number of carbonyl (C=O) groups is 3. The molecule has 0 aliphatic carbocycles. The Balaban J connectivity index is 1.70. The first-order valence-corrected chi connectivity index (χ1v) is 13.4. The van der Waals surface area contributed by atoms with Crippen LogP contribution in [-0.2, 0) is 25.7 Å². The lowest BCUT2D eigenvalue weighted by molar-refractivity contribution is -0.149. The van der Waals surface area contributed by atoms with Crippen molar-refractivity contribution in [1.29, 1.82) is 0 Å². The van der Waals surface area contributed by atoms with Crippen molar-refractivity contribution in [2.24, 2.45) is 11.8 Å². The predicted octanol–water partition coefficient (Wildman–Crippen LogP) is 2.38. The van der Waals surface area contributed by atoms with E-state index in [1.807, 2.05) is 37.3 Å². The zero-order valence-electron chi connectivity index (χ0n) is 21.8. The zero-order chi connectivity index (χ0) is 26.6. The average Bonchev–Trinajstić information content (AvgIpc) is 3.54. The summed E-state index contributed by atoms with van der Waals surface area (Å²) in [5.74, 6) is -1.86. The van der Waals surface area contributed by atoms with Gasteiger partial charge in [-0.15, -0.1) is 13.2 Å². The van der Waals surface area contributed by atoms with E-state index in [9.17, 15) is 19.5 Å². The Bertz CT molecular complexity index is 1010. The van der Waals surface area contributed by atoms with Crippen molar-refractivity contribution >= 4 is 17.7 Å². The van der Waals surface area contributed by atoms with Crippen molar-refractivity contribution in [3.05, 3.63) is 61.2 Å². The summed E-state index contributed by atoms with van der Waals surface area (Å²) in [5, 5.41) is 9.54. The summed E-state index contributed by atoms with van der Waals surface area (Å²) in [6.45, 7) is 11.4. The third kappa shape index (κ3) is 4.84. The number of likely N-dealkylation sites (tertiary alicyclic amines) is 1. The minimum absolute atomic E-state index is 0.0990. The zero-order valence-corrected chi connectivity index (χ0v) is 21.8. The second-order valence-corrected chi connectivity index (χ2v) is 10.2. The number of benzene rings is 1. The Kier molecular flexibility index (Phi) is 8.49. The summed E-state index contributed by atoms with van der Waals surface area (Å²) in [6, 6.07) is 8.86. The highest BCUT2D eigenvalue weighted by molar-refractivity contribution is 5.99. The largest absolute Gasteiger partial charge is 0.396 e. The van der Waals surface area contributed by atoms with Gasteiger partial charge < -0.3 is 24.5 Å². The number of hydrogen-bond acceptors (Lipinski definition) is 5. The Morgan fingerprint density at radius 2 is 1.86 bits per heavy atom. The molecular weight excluding hydrogens is 470 g/mol. The topological polar surface area (TPSA) is 90.4 Å². The molecule has 3 saturated heterocycles. The third-order valence-electron chi connectivity index (χ3n) is 7.91. The summed E-state index contributed by atoms with van der Waals surface area (Å²) < 4.78 is 6.55. The summed E-state index contributed by atoms with van der Waals surface area (Å²) in [7, 11) is 0. The molecule has 3 fully saturated rings. The standard InChI is InChI=1S/C29H39N3O5/c1-4-15-30(16-5-2)26(34)23-22-13-14-29(37-22)24(23)27(35)32(18-10-19-33)25(29)28(36)31(17-6-3)20-21-11-8-7-9-12-21/h4,6-9,11-12,22-25,33H,1,3,5,10,13-20H2,2H3/t22-,23+,24+,25?,29?/m1/s1. The summed E-state index contributed by atoms with van der Waals surface area (Å²) in [6.07, 6.45) is 5.31. The van der Waals surface area contributed by atoms with Gasteiger partial charge in [0.2, 0.25) is 17.7 Å². The van der Waals surface area contributed by atoms with Crippen LogP contribution >= 0.6 is 0 Å². The molecule has 1 spiro atoms. The number of hydrogen-bond donors (Lipinski definition) is 1. The lowest BCUT2D eigenvalue weighted by Gasteiger charge is -2.37. The first kappa shape index (κ1) is 27.1. The molecule has 8 heteroatoms. The smallest absolute Gasteiger partial charge is 0.248 e. The van der Waals surface area contributed by atoms with Crippen molar-refractivity contribution in [1.82, 2.24) is 14.7 Å². The fraction of sp³-hybridized carbons (Fsp3) is 0.552. The van der Waals surface area contributed by atoms with E-state index < -0.39 is 23.5 Å². The van der Waals surface area contributed by atoms with Crippen molar-refractivity contribution in [3.63, 3.8) is 0 Å². The molecule has 0 aromatic heterocycles. The monoisotopic (exact) mass is 509 g/mol. The van der Waals surface area contributed by atoms with Gasteiger partial charge in [0, 0.05) is 39.3 Å². The Hall–Kier alpha value is -2.97. The number of rotatable bonds is 13. The minimum atomic E-state index is -1.04. The van der Waals surface area contributed by atoms with Gasteiger partial charge in [0.15, 0.2) is 0 Å². The van der Waals surface area contributed by atoms with Gasteiger partial charge in [-0.3, -0.25) is 14.4 Å². The fourth-order valence-corrected chi connectivity index (χ4v) is 6.49. The van der Waals surface area contributed by atoms with Gasteiger partial charge in [-0.2, -0.15) is 0 Å². The van der Waals surface area contributed by atoms with Gasteiger partial charge >= 0.3 is 0 Å². The molecule has 5 atom stereocenters. The van der Waals surface area contributed by atoms with Gasteiger partial charge in [-0.05, 0) is 31.2 Å². The first-order valence-electron chi connectivity index (χ1n) is 13.4. The number of nitrogens with zero attached hydrogens (tertiary/aromatic N) is 3. The first-order chi connectivity index (χ1) is 17.9. The predicted molar refractivity (Wildman–Crippen MR) is 140 cm³/mol. The molecule has 3 amide bonds. The van der Waals surface area contributed by atoms with E-state index >= 15 is 0 Å². The number of ether oxygens (including phenoxy) is 1. The van der Waals surface area contributed by atoms with Crippen LogP contribution in [0.25, 0.3) is 0 Å². The van der Waals surface area contributed by atoms with Crippen LogP contribution in [-0.4, -0.2) is 88.1 Å². The van der Waals surface area contributed by atoms with Gasteiger partial charge in [0.05, 0.1) is 17.9 Å². The molecule has 1 aromatic rings. The molecule has 0 saturated carbocycles. The van der Waals surface area contributed by atoms with E-state index in [1.165, 1.54) is 0 Å². The Morgan fingerprint density at radius 3 is 2.51 bits per heavy atom. The van der Waals surface area contributed by atoms with E-state index in [0.29, 0.717) is 45.4 Å². The number of fused-ring (bicyclic) bond motifs is 1. The quantitative estimate of drug-likeness (QED) is 0.413. The lowest BCUT2D eigenvalue weighted by atomic mass is 9.70. The van der Waals surface area contributed by atoms with E-state index in [4.69, 9.17) is 4.74 Å². The number of aliphatic hydroxyl groups is 1. The molecule has 1 N–H and O–H groups in total. The normalized spacial score (nSPS) is 27.7. The van der Waals surface area contributed by atoms with Crippen molar-refractivity contribution in [2.45, 2.75) is 56.9 Å². The summed E-state index contributed by atoms with van der Waals surface area (Å²) in [5.41, 5.74) is -0.0705. The average molecular weight is 510 g/mol. The highest BCUT2D eigenvalue weighted by atomic mass is 16.5. The summed E-state index contributed by atoms with van der Waals surface area (Å²) in [4.78, 5) is 47.0. The maximum absolute atomic E-state index is 14.2. The minimum Gasteiger partial charge on any atom is -0.396 e. The number of amides is 3. The molecule has 0 radical (unpaired) electrons. The Labute approximate surface area is 219 Å². The Morgan fingerprint density at radius 1 is 1.16 bits per heavy atom. The van der Waals surface area contributed by atoms with E-state index in [0.717, 1.165) is 12.0 Å².